The molecule has 2 aromatic rings. The quantitative estimate of drug-likeness (QED) is 0.858. The van der Waals surface area contributed by atoms with Crippen molar-refractivity contribution in [3.63, 3.8) is 0 Å². The molecule has 0 fully saturated rings. The van der Waals surface area contributed by atoms with Gasteiger partial charge in [0.05, 0.1) is 18.8 Å². The van der Waals surface area contributed by atoms with Crippen molar-refractivity contribution in [3.8, 4) is 0 Å². The summed E-state index contributed by atoms with van der Waals surface area (Å²) in [4.78, 5) is 12.1. The van der Waals surface area contributed by atoms with Gasteiger partial charge in [-0.1, -0.05) is 29.8 Å². The van der Waals surface area contributed by atoms with Gasteiger partial charge in [0.1, 0.15) is 5.76 Å². The van der Waals surface area contributed by atoms with Crippen LogP contribution >= 0.6 is 0 Å². The third kappa shape index (κ3) is 4.46. The Hall–Kier alpha value is -2.07. The minimum atomic E-state index is -0.268. The first kappa shape index (κ1) is 15.3. The van der Waals surface area contributed by atoms with Crippen molar-refractivity contribution in [2.24, 2.45) is 0 Å². The second kappa shape index (κ2) is 7.09. The van der Waals surface area contributed by atoms with Crippen LogP contribution in [0.25, 0.3) is 0 Å². The lowest BCUT2D eigenvalue weighted by molar-refractivity contribution is -0.123. The van der Waals surface area contributed by atoms with Crippen LogP contribution in [0.1, 0.15) is 36.8 Å². The topological polar surface area (TPSA) is 54.3 Å². The first-order valence-corrected chi connectivity index (χ1v) is 7.19. The van der Waals surface area contributed by atoms with Crippen molar-refractivity contribution in [1.82, 2.24) is 10.6 Å². The van der Waals surface area contributed by atoms with E-state index in [1.807, 2.05) is 25.1 Å². The fourth-order valence-electron chi connectivity index (χ4n) is 2.23. The molecule has 0 spiro atoms. The molecule has 1 amide bonds. The molecule has 4 heteroatoms. The van der Waals surface area contributed by atoms with Gasteiger partial charge in [-0.15, -0.1) is 0 Å². The summed E-state index contributed by atoms with van der Waals surface area (Å²) in [5.74, 6) is 0.716. The molecule has 2 atom stereocenters. The van der Waals surface area contributed by atoms with E-state index < -0.39 is 0 Å². The lowest BCUT2D eigenvalue weighted by Gasteiger charge is -2.20. The van der Waals surface area contributed by atoms with Gasteiger partial charge in [0.2, 0.25) is 5.91 Å². The Morgan fingerprint density at radius 2 is 2.05 bits per heavy atom. The van der Waals surface area contributed by atoms with E-state index in [9.17, 15) is 4.79 Å². The van der Waals surface area contributed by atoms with Crippen molar-refractivity contribution in [3.05, 3.63) is 59.5 Å². The number of rotatable bonds is 6. The summed E-state index contributed by atoms with van der Waals surface area (Å²) in [5.41, 5.74) is 2.40. The maximum absolute atomic E-state index is 12.1. The van der Waals surface area contributed by atoms with Gasteiger partial charge < -0.3 is 9.73 Å². The molecule has 0 radical (unpaired) electrons. The monoisotopic (exact) mass is 286 g/mol. The highest BCUT2D eigenvalue weighted by molar-refractivity contribution is 5.81. The Morgan fingerprint density at radius 3 is 2.71 bits per heavy atom. The smallest absolute Gasteiger partial charge is 0.237 e. The third-order valence-corrected chi connectivity index (χ3v) is 3.45. The van der Waals surface area contributed by atoms with Gasteiger partial charge in [-0.05, 0) is 38.5 Å². The average molecular weight is 286 g/mol. The second-order valence-corrected chi connectivity index (χ2v) is 5.32. The molecule has 1 aromatic heterocycles. The molecule has 1 aromatic carbocycles. The zero-order valence-corrected chi connectivity index (χ0v) is 12.7. The van der Waals surface area contributed by atoms with Crippen molar-refractivity contribution in [2.45, 2.75) is 39.4 Å². The molecule has 0 aliphatic heterocycles. The van der Waals surface area contributed by atoms with E-state index in [1.54, 1.807) is 6.26 Å². The third-order valence-electron chi connectivity index (χ3n) is 3.45. The molecule has 2 N–H and O–H groups in total. The summed E-state index contributed by atoms with van der Waals surface area (Å²) in [7, 11) is 0. The van der Waals surface area contributed by atoms with Gasteiger partial charge in [-0.3, -0.25) is 10.1 Å². The highest BCUT2D eigenvalue weighted by Gasteiger charge is 2.16. The number of amides is 1. The average Bonchev–Trinajstić information content (AvgIpc) is 2.97. The number of nitrogens with one attached hydrogen (secondary N) is 2. The van der Waals surface area contributed by atoms with Gasteiger partial charge in [-0.2, -0.15) is 0 Å². The number of aryl methyl sites for hydroxylation is 1. The summed E-state index contributed by atoms with van der Waals surface area (Å²) in [6.45, 7) is 6.40. The zero-order valence-electron chi connectivity index (χ0n) is 12.7. The van der Waals surface area contributed by atoms with Crippen LogP contribution in [0.5, 0.6) is 0 Å². The van der Waals surface area contributed by atoms with Crippen LogP contribution in [0.3, 0.4) is 0 Å². The van der Waals surface area contributed by atoms with E-state index in [2.05, 4.69) is 42.7 Å². The number of hydrogen-bond donors (Lipinski definition) is 2. The Balaban J connectivity index is 1.85. The Morgan fingerprint density at radius 1 is 1.24 bits per heavy atom. The SMILES string of the molecule is Cc1cccc([C@@H](C)NC(C)C(=O)NCc2ccco2)c1. The molecule has 0 aliphatic carbocycles. The molecule has 21 heavy (non-hydrogen) atoms. The summed E-state index contributed by atoms with van der Waals surface area (Å²) in [6.07, 6.45) is 1.60. The number of hydrogen-bond acceptors (Lipinski definition) is 3. The van der Waals surface area contributed by atoms with Gasteiger partial charge in [0, 0.05) is 6.04 Å². The normalized spacial score (nSPS) is 13.7. The molecule has 0 bridgehead atoms. The molecule has 0 saturated carbocycles. The molecular formula is C17H22N2O2. The fourth-order valence-corrected chi connectivity index (χ4v) is 2.23. The van der Waals surface area contributed by atoms with Crippen LogP contribution in [0.2, 0.25) is 0 Å². The van der Waals surface area contributed by atoms with Gasteiger partial charge >= 0.3 is 0 Å². The summed E-state index contributed by atoms with van der Waals surface area (Å²) >= 11 is 0. The highest BCUT2D eigenvalue weighted by Crippen LogP contribution is 2.14. The first-order valence-electron chi connectivity index (χ1n) is 7.19. The Labute approximate surface area is 125 Å². The first-order chi connectivity index (χ1) is 10.1. The number of carbonyl (C=O) groups excluding carboxylic acids is 1. The van der Waals surface area contributed by atoms with Crippen molar-refractivity contribution < 1.29 is 9.21 Å². The maximum atomic E-state index is 12.1. The second-order valence-electron chi connectivity index (χ2n) is 5.32. The summed E-state index contributed by atoms with van der Waals surface area (Å²) in [5, 5.41) is 6.17. The number of carbonyl (C=O) groups is 1. The van der Waals surface area contributed by atoms with Crippen molar-refractivity contribution in [1.29, 1.82) is 0 Å². The van der Waals surface area contributed by atoms with E-state index in [0.29, 0.717) is 6.54 Å². The molecule has 1 unspecified atom stereocenters. The lowest BCUT2D eigenvalue weighted by Crippen LogP contribution is -2.42. The molecule has 4 nitrogen and oxygen atoms in total. The minimum Gasteiger partial charge on any atom is -0.467 e. The van der Waals surface area contributed by atoms with Gasteiger partial charge in [0.15, 0.2) is 0 Å². The number of furan rings is 1. The molecular weight excluding hydrogens is 264 g/mol. The Bertz CT molecular complexity index is 578. The fraction of sp³-hybridized carbons (Fsp3) is 0.353. The molecule has 2 rings (SSSR count). The van der Waals surface area contributed by atoms with E-state index >= 15 is 0 Å². The molecule has 1 heterocycles. The van der Waals surface area contributed by atoms with Crippen LogP contribution in [0, 0.1) is 6.92 Å². The predicted molar refractivity (Wildman–Crippen MR) is 82.7 cm³/mol. The van der Waals surface area contributed by atoms with Crippen molar-refractivity contribution >= 4 is 5.91 Å². The van der Waals surface area contributed by atoms with Crippen LogP contribution in [0.4, 0.5) is 0 Å². The van der Waals surface area contributed by atoms with Crippen LogP contribution in [-0.4, -0.2) is 11.9 Å². The minimum absolute atomic E-state index is 0.0362. The van der Waals surface area contributed by atoms with Crippen LogP contribution in [0.15, 0.2) is 47.1 Å². The molecule has 0 saturated heterocycles. The standard InChI is InChI=1S/C17H22N2O2/c1-12-6-4-7-15(10-12)13(2)19-14(3)17(20)18-11-16-8-5-9-21-16/h4-10,13-14,19H,11H2,1-3H3,(H,18,20)/t13-,14?/m1/s1. The van der Waals surface area contributed by atoms with E-state index in [0.717, 1.165) is 5.76 Å². The number of benzene rings is 1. The molecule has 0 aliphatic rings. The molecule has 112 valence electrons. The Kier molecular flexibility index (Phi) is 5.17. The van der Waals surface area contributed by atoms with Crippen LogP contribution < -0.4 is 10.6 Å². The predicted octanol–water partition coefficient (Wildman–Crippen LogP) is 2.94. The summed E-state index contributed by atoms with van der Waals surface area (Å²) < 4.78 is 5.19. The highest BCUT2D eigenvalue weighted by atomic mass is 16.3. The zero-order chi connectivity index (χ0) is 15.2. The van der Waals surface area contributed by atoms with Gasteiger partial charge in [0.25, 0.3) is 0 Å². The summed E-state index contributed by atoms with van der Waals surface area (Å²) in [6, 6.07) is 11.8. The van der Waals surface area contributed by atoms with E-state index in [-0.39, 0.29) is 18.0 Å². The lowest BCUT2D eigenvalue weighted by atomic mass is 10.1. The van der Waals surface area contributed by atoms with Crippen molar-refractivity contribution in [2.75, 3.05) is 0 Å². The van der Waals surface area contributed by atoms with E-state index in [1.165, 1.54) is 11.1 Å². The van der Waals surface area contributed by atoms with E-state index in [4.69, 9.17) is 4.42 Å². The maximum Gasteiger partial charge on any atom is 0.237 e. The van der Waals surface area contributed by atoms with Gasteiger partial charge in [-0.25, -0.2) is 0 Å². The van der Waals surface area contributed by atoms with Crippen LogP contribution in [-0.2, 0) is 11.3 Å². The largest absolute Gasteiger partial charge is 0.467 e.